The summed E-state index contributed by atoms with van der Waals surface area (Å²) in [5.41, 5.74) is 5.77. The van der Waals surface area contributed by atoms with E-state index < -0.39 is 17.9 Å². The zero-order valence-electron chi connectivity index (χ0n) is 11.8. The Kier molecular flexibility index (Phi) is 4.99. The molecule has 0 bridgehead atoms. The van der Waals surface area contributed by atoms with Gasteiger partial charge in [0.2, 0.25) is 5.91 Å². The summed E-state index contributed by atoms with van der Waals surface area (Å²) in [6, 6.07) is -0.418. The third-order valence-electron chi connectivity index (χ3n) is 4.63. The van der Waals surface area contributed by atoms with Gasteiger partial charge in [-0.2, -0.15) is 0 Å². The fraction of sp³-hybridized carbons (Fsp3) is 0.857. The number of carboxylic acid groups (broad SMARTS) is 1. The van der Waals surface area contributed by atoms with Crippen LogP contribution in [0.1, 0.15) is 38.5 Å². The maximum atomic E-state index is 12.2. The second-order valence-electron chi connectivity index (χ2n) is 6.10. The third kappa shape index (κ3) is 3.49. The van der Waals surface area contributed by atoms with E-state index in [-0.39, 0.29) is 24.5 Å². The van der Waals surface area contributed by atoms with Gasteiger partial charge in [-0.15, -0.1) is 0 Å². The number of hydrogen-bond acceptors (Lipinski definition) is 4. The van der Waals surface area contributed by atoms with Crippen molar-refractivity contribution in [3.8, 4) is 0 Å². The first-order valence-corrected chi connectivity index (χ1v) is 7.36. The van der Waals surface area contributed by atoms with Crippen molar-refractivity contribution in [1.82, 2.24) is 5.32 Å². The van der Waals surface area contributed by atoms with Crippen LogP contribution in [-0.4, -0.2) is 42.8 Å². The number of carbonyl (C=O) groups excluding carboxylic acids is 1. The molecule has 2 fully saturated rings. The molecule has 20 heavy (non-hydrogen) atoms. The second kappa shape index (κ2) is 6.54. The molecular weight excluding hydrogens is 260 g/mol. The largest absolute Gasteiger partial charge is 0.481 e. The molecular formula is C14H24N2O4. The lowest BCUT2D eigenvalue weighted by Gasteiger charge is -2.36. The van der Waals surface area contributed by atoms with Crippen LogP contribution in [0.4, 0.5) is 0 Å². The first kappa shape index (κ1) is 15.3. The summed E-state index contributed by atoms with van der Waals surface area (Å²) in [5.74, 6) is -1.66. The molecule has 0 aromatic rings. The molecule has 114 valence electrons. The molecule has 2 unspecified atom stereocenters. The summed E-state index contributed by atoms with van der Waals surface area (Å²) < 4.78 is 5.15. The predicted octanol–water partition coefficient (Wildman–Crippen LogP) is 0.501. The Morgan fingerprint density at radius 3 is 2.55 bits per heavy atom. The number of nitrogens with two attached hydrogens (primary N) is 1. The van der Waals surface area contributed by atoms with Gasteiger partial charge in [0, 0.05) is 6.42 Å². The molecule has 1 saturated heterocycles. The molecule has 6 nitrogen and oxygen atoms in total. The Bertz CT molecular complexity index is 366. The molecule has 0 aromatic carbocycles. The molecule has 2 atom stereocenters. The predicted molar refractivity (Wildman–Crippen MR) is 73.1 cm³/mol. The van der Waals surface area contributed by atoms with Crippen molar-refractivity contribution in [2.75, 3.05) is 19.8 Å². The first-order chi connectivity index (χ1) is 9.56. The van der Waals surface area contributed by atoms with Crippen molar-refractivity contribution in [1.29, 1.82) is 0 Å². The number of rotatable bonds is 5. The fourth-order valence-electron chi connectivity index (χ4n) is 3.29. The normalized spacial score (nSPS) is 29.1. The van der Waals surface area contributed by atoms with Gasteiger partial charge in [-0.05, 0) is 24.8 Å². The van der Waals surface area contributed by atoms with Gasteiger partial charge in [0.15, 0.2) is 0 Å². The Hall–Kier alpha value is -1.14. The van der Waals surface area contributed by atoms with Gasteiger partial charge >= 0.3 is 5.97 Å². The van der Waals surface area contributed by atoms with E-state index in [1.807, 2.05) is 0 Å². The average Bonchev–Trinajstić information content (AvgIpc) is 2.88. The number of aliphatic carboxylic acids is 1. The number of ether oxygens (including phenoxy) is 1. The van der Waals surface area contributed by atoms with Crippen LogP contribution in [0.25, 0.3) is 0 Å². The van der Waals surface area contributed by atoms with Crippen LogP contribution in [0.5, 0.6) is 0 Å². The monoisotopic (exact) mass is 284 g/mol. The lowest BCUT2D eigenvalue weighted by atomic mass is 9.71. The average molecular weight is 284 g/mol. The molecule has 6 heteroatoms. The van der Waals surface area contributed by atoms with E-state index in [4.69, 9.17) is 15.6 Å². The molecule has 1 saturated carbocycles. The summed E-state index contributed by atoms with van der Waals surface area (Å²) >= 11 is 0. The van der Waals surface area contributed by atoms with Crippen molar-refractivity contribution in [2.24, 2.45) is 17.1 Å². The van der Waals surface area contributed by atoms with E-state index >= 15 is 0 Å². The van der Waals surface area contributed by atoms with Crippen molar-refractivity contribution in [2.45, 2.75) is 44.6 Å². The quantitative estimate of drug-likeness (QED) is 0.682. The van der Waals surface area contributed by atoms with Crippen molar-refractivity contribution >= 4 is 11.9 Å². The van der Waals surface area contributed by atoms with Crippen LogP contribution in [0, 0.1) is 11.3 Å². The maximum absolute atomic E-state index is 12.2. The second-order valence-corrected chi connectivity index (χ2v) is 6.10. The molecule has 0 spiro atoms. The Morgan fingerprint density at radius 1 is 1.25 bits per heavy atom. The van der Waals surface area contributed by atoms with Gasteiger partial charge in [-0.1, -0.05) is 19.3 Å². The minimum atomic E-state index is -0.918. The van der Waals surface area contributed by atoms with Gasteiger partial charge in [-0.3, -0.25) is 9.59 Å². The number of amides is 1. The standard InChI is InChI=1S/C14H24N2O4/c15-9-14(4-2-1-3-5-14)6-12(17)16-11-8-20-7-10(11)13(18)19/h10-11H,1-9,15H2,(H,16,17)(H,18,19). The van der Waals surface area contributed by atoms with Crippen LogP contribution in [-0.2, 0) is 14.3 Å². The lowest BCUT2D eigenvalue weighted by molar-refractivity contribution is -0.142. The van der Waals surface area contributed by atoms with Crippen molar-refractivity contribution < 1.29 is 19.4 Å². The number of hydrogen-bond donors (Lipinski definition) is 3. The summed E-state index contributed by atoms with van der Waals surface area (Å²) in [5, 5.41) is 11.9. The van der Waals surface area contributed by atoms with Crippen LogP contribution in [0.3, 0.4) is 0 Å². The van der Waals surface area contributed by atoms with E-state index in [1.54, 1.807) is 0 Å². The highest BCUT2D eigenvalue weighted by atomic mass is 16.5. The molecule has 4 N–H and O–H groups in total. The molecule has 1 heterocycles. The van der Waals surface area contributed by atoms with E-state index in [9.17, 15) is 9.59 Å². The highest BCUT2D eigenvalue weighted by Gasteiger charge is 2.37. The first-order valence-electron chi connectivity index (χ1n) is 7.36. The summed E-state index contributed by atoms with van der Waals surface area (Å²) in [4.78, 5) is 23.2. The van der Waals surface area contributed by atoms with Gasteiger partial charge in [0.1, 0.15) is 5.92 Å². The minimum Gasteiger partial charge on any atom is -0.481 e. The highest BCUT2D eigenvalue weighted by Crippen LogP contribution is 2.38. The zero-order valence-corrected chi connectivity index (χ0v) is 11.8. The Balaban J connectivity index is 1.89. The molecule has 0 radical (unpaired) electrons. The molecule has 0 aromatic heterocycles. The minimum absolute atomic E-state index is 0.0967. The van der Waals surface area contributed by atoms with Crippen molar-refractivity contribution in [3.05, 3.63) is 0 Å². The summed E-state index contributed by atoms with van der Waals surface area (Å²) in [7, 11) is 0. The van der Waals surface area contributed by atoms with Crippen LogP contribution in [0.15, 0.2) is 0 Å². The number of carboxylic acids is 1. The lowest BCUT2D eigenvalue weighted by Crippen LogP contribution is -2.46. The number of nitrogens with one attached hydrogen (secondary N) is 1. The van der Waals surface area contributed by atoms with Gasteiger partial charge in [0.25, 0.3) is 0 Å². The Labute approximate surface area is 119 Å². The van der Waals surface area contributed by atoms with Crippen LogP contribution in [0.2, 0.25) is 0 Å². The van der Waals surface area contributed by atoms with E-state index in [1.165, 1.54) is 6.42 Å². The zero-order chi connectivity index (χ0) is 14.6. The van der Waals surface area contributed by atoms with Gasteiger partial charge < -0.3 is 20.9 Å². The maximum Gasteiger partial charge on any atom is 0.311 e. The van der Waals surface area contributed by atoms with Crippen molar-refractivity contribution in [3.63, 3.8) is 0 Å². The molecule has 1 amide bonds. The molecule has 2 aliphatic rings. The highest BCUT2D eigenvalue weighted by molar-refractivity contribution is 5.79. The third-order valence-corrected chi connectivity index (χ3v) is 4.63. The number of carbonyl (C=O) groups is 2. The Morgan fingerprint density at radius 2 is 1.95 bits per heavy atom. The van der Waals surface area contributed by atoms with Gasteiger partial charge in [0.05, 0.1) is 19.3 Å². The SMILES string of the molecule is NCC1(CC(=O)NC2COCC2C(=O)O)CCCCC1. The van der Waals surface area contributed by atoms with Gasteiger partial charge in [-0.25, -0.2) is 0 Å². The topological polar surface area (TPSA) is 102 Å². The molecule has 1 aliphatic heterocycles. The molecule has 2 rings (SSSR count). The fourth-order valence-corrected chi connectivity index (χ4v) is 3.29. The van der Waals surface area contributed by atoms with E-state index in [2.05, 4.69) is 5.32 Å². The molecule has 1 aliphatic carbocycles. The smallest absolute Gasteiger partial charge is 0.311 e. The van der Waals surface area contributed by atoms with E-state index in [0.29, 0.717) is 13.0 Å². The summed E-state index contributed by atoms with van der Waals surface area (Å²) in [6.07, 6.45) is 5.82. The van der Waals surface area contributed by atoms with E-state index in [0.717, 1.165) is 25.7 Å². The summed E-state index contributed by atoms with van der Waals surface area (Å²) in [6.45, 7) is 0.963. The van der Waals surface area contributed by atoms with Crippen LogP contribution >= 0.6 is 0 Å². The van der Waals surface area contributed by atoms with Crippen LogP contribution < -0.4 is 11.1 Å².